The highest BCUT2D eigenvalue weighted by atomic mass is 16.2. The number of nitrogens with one attached hydrogen (secondary N) is 1. The van der Waals surface area contributed by atoms with Gasteiger partial charge in [0.15, 0.2) is 0 Å². The zero-order valence-electron chi connectivity index (χ0n) is 17.0. The van der Waals surface area contributed by atoms with Crippen LogP contribution < -0.4 is 21.1 Å². The van der Waals surface area contributed by atoms with Gasteiger partial charge < -0.3 is 15.1 Å². The number of carbonyl (C=O) groups is 1. The Labute approximate surface area is 167 Å². The molecule has 1 aromatic carbocycles. The molecule has 3 aliphatic rings. The van der Waals surface area contributed by atoms with E-state index in [0.717, 1.165) is 84.1 Å². The van der Waals surface area contributed by atoms with E-state index in [-0.39, 0.29) is 16.8 Å². The molecule has 0 bridgehead atoms. The second-order valence-electron chi connectivity index (χ2n) is 9.18. The number of hydrogen-bond donors (Lipinski definition) is 1. The smallest absolute Gasteiger partial charge is 0.253 e. The number of hydrogen-bond acceptors (Lipinski definition) is 5. The molecule has 6 nitrogen and oxygen atoms in total. The van der Waals surface area contributed by atoms with E-state index >= 15 is 0 Å². The summed E-state index contributed by atoms with van der Waals surface area (Å²) in [5.74, 6) is 1.71. The first-order valence-corrected chi connectivity index (χ1v) is 11.2. The molecule has 1 amide bonds. The van der Waals surface area contributed by atoms with Crippen molar-refractivity contribution in [1.29, 1.82) is 0 Å². The summed E-state index contributed by atoms with van der Waals surface area (Å²) in [4.78, 5) is 40.9. The average Bonchev–Trinajstić information content (AvgIpc) is 3.26. The third-order valence-corrected chi connectivity index (χ3v) is 7.17. The van der Waals surface area contributed by atoms with Gasteiger partial charge in [0.2, 0.25) is 5.91 Å². The fraction of sp³-hybridized carbons (Fsp3) is 0.773. The number of carbonyl (C=O) groups excluding carboxylic acids is 1. The maximum absolute atomic E-state index is 12.6. The lowest BCUT2D eigenvalue weighted by molar-refractivity contribution is -0.135. The van der Waals surface area contributed by atoms with Crippen LogP contribution in [-0.2, 0) is 4.79 Å². The third-order valence-electron chi connectivity index (χ3n) is 7.17. The van der Waals surface area contributed by atoms with Gasteiger partial charge in [-0.25, -0.2) is 0 Å². The Balaban J connectivity index is 1.28. The summed E-state index contributed by atoms with van der Waals surface area (Å²) in [5.41, 5.74) is 0.480. The summed E-state index contributed by atoms with van der Waals surface area (Å²) < 4.78 is 0. The van der Waals surface area contributed by atoms with Crippen molar-refractivity contribution >= 4 is 17.3 Å². The molecule has 1 aliphatic carbocycles. The lowest BCUT2D eigenvalue weighted by Crippen LogP contribution is -2.45. The monoisotopic (exact) mass is 387 g/mol. The molecule has 2 aliphatic heterocycles. The van der Waals surface area contributed by atoms with Crippen molar-refractivity contribution in [2.45, 2.75) is 58.3 Å². The van der Waals surface area contributed by atoms with Gasteiger partial charge in [-0.1, -0.05) is 6.92 Å². The van der Waals surface area contributed by atoms with Gasteiger partial charge in [-0.2, -0.15) is 0 Å². The van der Waals surface area contributed by atoms with Gasteiger partial charge in [0, 0.05) is 38.6 Å². The van der Waals surface area contributed by atoms with E-state index in [9.17, 15) is 14.4 Å². The summed E-state index contributed by atoms with van der Waals surface area (Å²) in [5, 5.41) is 3.30. The van der Waals surface area contributed by atoms with Crippen molar-refractivity contribution in [2.75, 3.05) is 42.9 Å². The van der Waals surface area contributed by atoms with E-state index in [0.29, 0.717) is 29.1 Å². The van der Waals surface area contributed by atoms with Crippen LogP contribution in [0.3, 0.4) is 0 Å². The molecule has 3 fully saturated rings. The highest BCUT2D eigenvalue weighted by Gasteiger charge is 2.32. The first kappa shape index (κ1) is 19.5. The minimum Gasteiger partial charge on any atom is -0.380 e. The van der Waals surface area contributed by atoms with Crippen LogP contribution in [0.15, 0.2) is 9.59 Å². The molecule has 0 radical (unpaired) electrons. The molecular formula is C22H33N3O3. The Kier molecular flexibility index (Phi) is 5.74. The molecule has 154 valence electrons. The predicted octanol–water partition coefficient (Wildman–Crippen LogP) is 2.36. The maximum Gasteiger partial charge on any atom is 0.253 e. The number of rotatable bonds is 5. The van der Waals surface area contributed by atoms with Gasteiger partial charge in [-0.3, -0.25) is 14.4 Å². The molecule has 1 aromatic rings. The zero-order valence-corrected chi connectivity index (χ0v) is 17.0. The average molecular weight is 388 g/mol. The first-order chi connectivity index (χ1) is 13.5. The van der Waals surface area contributed by atoms with E-state index in [1.54, 1.807) is 0 Å². The van der Waals surface area contributed by atoms with Gasteiger partial charge in [-0.15, -0.1) is 0 Å². The molecule has 0 atom stereocenters. The van der Waals surface area contributed by atoms with Crippen LogP contribution in [0.2, 0.25) is 0 Å². The number of amides is 1. The molecule has 6 heteroatoms. The van der Waals surface area contributed by atoms with Gasteiger partial charge in [0.25, 0.3) is 10.9 Å². The van der Waals surface area contributed by atoms with E-state index in [4.69, 9.17) is 0 Å². The maximum atomic E-state index is 12.6. The van der Waals surface area contributed by atoms with Crippen LogP contribution in [0.1, 0.15) is 58.3 Å². The summed E-state index contributed by atoms with van der Waals surface area (Å²) in [6.07, 6.45) is 8.37. The van der Waals surface area contributed by atoms with Gasteiger partial charge >= 0.3 is 0 Å². The number of nitrogens with zero attached hydrogens (tertiary/aromatic N) is 2. The Hall–Kier alpha value is -1.85. The molecule has 1 saturated carbocycles. The van der Waals surface area contributed by atoms with E-state index in [1.165, 1.54) is 0 Å². The summed E-state index contributed by atoms with van der Waals surface area (Å²) in [6.45, 7) is 6.57. The van der Waals surface area contributed by atoms with Crippen molar-refractivity contribution in [3.63, 3.8) is 0 Å². The second kappa shape index (κ2) is 8.26. The third kappa shape index (κ3) is 3.83. The molecule has 2 heterocycles. The lowest BCUT2D eigenvalue weighted by Gasteiger charge is -2.34. The molecule has 0 unspecified atom stereocenters. The fourth-order valence-electron chi connectivity index (χ4n) is 5.13. The van der Waals surface area contributed by atoms with Crippen molar-refractivity contribution in [3.05, 3.63) is 20.4 Å². The molecule has 4 rings (SSSR count). The van der Waals surface area contributed by atoms with E-state index < -0.39 is 0 Å². The number of piperidine rings is 1. The minimum atomic E-state index is -0.355. The predicted molar refractivity (Wildman–Crippen MR) is 112 cm³/mol. The van der Waals surface area contributed by atoms with Crippen molar-refractivity contribution in [2.24, 2.45) is 17.8 Å². The molecule has 2 saturated heterocycles. The van der Waals surface area contributed by atoms with Crippen LogP contribution in [0.4, 0.5) is 11.4 Å². The highest BCUT2D eigenvalue weighted by Crippen LogP contribution is 2.32. The number of likely N-dealkylation sites (tertiary alicyclic amines) is 1. The normalized spacial score (nSPS) is 26.8. The second-order valence-corrected chi connectivity index (χ2v) is 9.18. The van der Waals surface area contributed by atoms with Gasteiger partial charge in [-0.05, 0) is 63.2 Å². The Morgan fingerprint density at radius 2 is 1.57 bits per heavy atom. The molecule has 0 aromatic heterocycles. The highest BCUT2D eigenvalue weighted by molar-refractivity contribution is 5.79. The molecule has 28 heavy (non-hydrogen) atoms. The van der Waals surface area contributed by atoms with Gasteiger partial charge in [0.1, 0.15) is 11.4 Å². The van der Waals surface area contributed by atoms with Crippen molar-refractivity contribution in [1.82, 2.24) is 4.90 Å². The molecular weight excluding hydrogens is 354 g/mol. The van der Waals surface area contributed by atoms with Crippen molar-refractivity contribution in [3.8, 4) is 0 Å². The van der Waals surface area contributed by atoms with E-state index in [2.05, 4.69) is 17.1 Å². The number of anilines is 2. The zero-order chi connectivity index (χ0) is 19.7. The Morgan fingerprint density at radius 1 is 0.929 bits per heavy atom. The SMILES string of the molecule is CC1CCN(c2c(NCC3CCC(C(=O)N4CCCC4)CC3)c(=O)c2=O)CC1. The lowest BCUT2D eigenvalue weighted by atomic mass is 9.81. The standard InChI is InChI=1S/C22H33N3O3/c1-15-8-12-24(13-9-15)19-18(20(26)21(19)27)23-14-16-4-6-17(7-5-16)22(28)25-10-2-3-11-25/h15-17,23H,2-14H2,1H3. The first-order valence-electron chi connectivity index (χ1n) is 11.2. The quantitative estimate of drug-likeness (QED) is 0.786. The van der Waals surface area contributed by atoms with Crippen LogP contribution in [-0.4, -0.2) is 43.5 Å². The topological polar surface area (TPSA) is 69.7 Å². The molecule has 1 N–H and O–H groups in total. The summed E-state index contributed by atoms with van der Waals surface area (Å²) >= 11 is 0. The minimum absolute atomic E-state index is 0.186. The Bertz CT molecular complexity index is 760. The summed E-state index contributed by atoms with van der Waals surface area (Å²) in [7, 11) is 0. The van der Waals surface area contributed by atoms with Gasteiger partial charge in [0.05, 0.1) is 0 Å². The van der Waals surface area contributed by atoms with E-state index in [1.807, 2.05) is 4.90 Å². The summed E-state index contributed by atoms with van der Waals surface area (Å²) in [6, 6.07) is 0. The fourth-order valence-corrected chi connectivity index (χ4v) is 5.13. The largest absolute Gasteiger partial charge is 0.380 e. The van der Waals surface area contributed by atoms with Crippen LogP contribution in [0.25, 0.3) is 0 Å². The van der Waals surface area contributed by atoms with Crippen LogP contribution in [0.5, 0.6) is 0 Å². The van der Waals surface area contributed by atoms with Crippen molar-refractivity contribution < 1.29 is 4.79 Å². The van der Waals surface area contributed by atoms with Crippen LogP contribution >= 0.6 is 0 Å². The molecule has 0 spiro atoms. The van der Waals surface area contributed by atoms with Crippen LogP contribution in [0, 0.1) is 17.8 Å². The Morgan fingerprint density at radius 3 is 2.21 bits per heavy atom.